The lowest BCUT2D eigenvalue weighted by atomic mass is 10.1. The Hall–Kier alpha value is -1.98. The zero-order chi connectivity index (χ0) is 14.9. The predicted octanol–water partition coefficient (Wildman–Crippen LogP) is 3.70. The Morgan fingerprint density at radius 1 is 1.35 bits per heavy atom. The molecule has 0 aliphatic heterocycles. The molecule has 0 atom stereocenters. The second kappa shape index (κ2) is 5.19. The minimum Gasteiger partial charge on any atom is -0.481 e. The van der Waals surface area contributed by atoms with Crippen molar-refractivity contribution in [2.24, 2.45) is 0 Å². The van der Waals surface area contributed by atoms with Crippen molar-refractivity contribution in [2.75, 3.05) is 0 Å². The molecular weight excluding hydrogens is 271 g/mol. The van der Waals surface area contributed by atoms with E-state index in [9.17, 15) is 18.0 Å². The van der Waals surface area contributed by atoms with Gasteiger partial charge in [0.25, 0.3) is 0 Å². The van der Waals surface area contributed by atoms with Crippen molar-refractivity contribution in [2.45, 2.75) is 32.5 Å². The molecule has 0 aliphatic carbocycles. The first-order valence-electron chi connectivity index (χ1n) is 6.24. The third-order valence-electron chi connectivity index (χ3n) is 3.25. The lowest BCUT2D eigenvalue weighted by Gasteiger charge is -2.09. The number of halogens is 3. The molecule has 0 saturated carbocycles. The second-order valence-corrected chi connectivity index (χ2v) is 4.51. The van der Waals surface area contributed by atoms with E-state index in [0.717, 1.165) is 6.07 Å². The maximum atomic E-state index is 13.0. The zero-order valence-electron chi connectivity index (χ0n) is 10.9. The number of carboxylic acid groups (broad SMARTS) is 1. The number of fused-ring (bicyclic) bond motifs is 1. The normalized spacial score (nSPS) is 12.0. The minimum atomic E-state index is -4.41. The van der Waals surface area contributed by atoms with Crippen LogP contribution in [-0.2, 0) is 23.9 Å². The molecule has 2 rings (SSSR count). The number of rotatable bonds is 4. The number of benzene rings is 1. The lowest BCUT2D eigenvalue weighted by Crippen LogP contribution is -2.05. The Morgan fingerprint density at radius 3 is 2.60 bits per heavy atom. The van der Waals surface area contributed by atoms with Crippen molar-refractivity contribution >= 4 is 16.9 Å². The number of nitrogens with zero attached hydrogens (tertiary/aromatic N) is 1. The van der Waals surface area contributed by atoms with Crippen LogP contribution in [0.4, 0.5) is 13.2 Å². The molecule has 0 saturated heterocycles. The van der Waals surface area contributed by atoms with Gasteiger partial charge in [0.1, 0.15) is 0 Å². The van der Waals surface area contributed by atoms with Crippen LogP contribution < -0.4 is 0 Å². The molecule has 0 radical (unpaired) electrons. The van der Waals surface area contributed by atoms with Crippen LogP contribution in [-0.4, -0.2) is 15.6 Å². The number of hydrogen-bond acceptors (Lipinski definition) is 1. The first-order valence-corrected chi connectivity index (χ1v) is 6.24. The summed E-state index contributed by atoms with van der Waals surface area (Å²) >= 11 is 0. The first kappa shape index (κ1) is 14.4. The van der Waals surface area contributed by atoms with Crippen molar-refractivity contribution in [3.05, 3.63) is 35.5 Å². The van der Waals surface area contributed by atoms with Gasteiger partial charge >= 0.3 is 12.1 Å². The van der Waals surface area contributed by atoms with E-state index in [1.165, 1.54) is 12.1 Å². The van der Waals surface area contributed by atoms with Crippen LogP contribution in [0.1, 0.15) is 24.6 Å². The van der Waals surface area contributed by atoms with Crippen LogP contribution in [0.3, 0.4) is 0 Å². The molecule has 0 amide bonds. The molecule has 0 spiro atoms. The van der Waals surface area contributed by atoms with Gasteiger partial charge in [-0.25, -0.2) is 0 Å². The van der Waals surface area contributed by atoms with E-state index in [0.29, 0.717) is 17.8 Å². The molecular formula is C14H14F3NO2. The topological polar surface area (TPSA) is 42.2 Å². The van der Waals surface area contributed by atoms with Gasteiger partial charge in [-0.15, -0.1) is 0 Å². The average Bonchev–Trinajstić information content (AvgIpc) is 2.72. The quantitative estimate of drug-likeness (QED) is 0.930. The highest BCUT2D eigenvalue weighted by atomic mass is 19.4. The molecule has 6 heteroatoms. The smallest absolute Gasteiger partial charge is 0.417 e. The molecule has 0 bridgehead atoms. The molecule has 20 heavy (non-hydrogen) atoms. The van der Waals surface area contributed by atoms with E-state index in [2.05, 4.69) is 0 Å². The highest BCUT2D eigenvalue weighted by Gasteiger charge is 2.33. The van der Waals surface area contributed by atoms with E-state index >= 15 is 0 Å². The maximum Gasteiger partial charge on any atom is 0.417 e. The number of aryl methyl sites for hydroxylation is 2. The van der Waals surface area contributed by atoms with Crippen LogP contribution in [0.2, 0.25) is 0 Å². The Bertz CT molecular complexity index is 644. The SMILES string of the molecule is CCn1c(CCC(=O)O)cc2c(C(F)(F)F)cccc21. The Morgan fingerprint density at radius 2 is 2.05 bits per heavy atom. The first-order chi connectivity index (χ1) is 9.34. The van der Waals surface area contributed by atoms with Crippen LogP contribution >= 0.6 is 0 Å². The molecule has 3 nitrogen and oxygen atoms in total. The van der Waals surface area contributed by atoms with Crippen LogP contribution in [0.25, 0.3) is 10.9 Å². The van der Waals surface area contributed by atoms with Gasteiger partial charge in [-0.05, 0) is 31.5 Å². The largest absolute Gasteiger partial charge is 0.481 e. The van der Waals surface area contributed by atoms with Crippen molar-refractivity contribution in [3.63, 3.8) is 0 Å². The number of aromatic nitrogens is 1. The van der Waals surface area contributed by atoms with Gasteiger partial charge in [0.15, 0.2) is 0 Å². The van der Waals surface area contributed by atoms with Crippen LogP contribution in [0.5, 0.6) is 0 Å². The molecule has 1 heterocycles. The predicted molar refractivity (Wildman–Crippen MR) is 68.6 cm³/mol. The van der Waals surface area contributed by atoms with Crippen molar-refractivity contribution in [1.82, 2.24) is 4.57 Å². The second-order valence-electron chi connectivity index (χ2n) is 4.51. The highest BCUT2D eigenvalue weighted by molar-refractivity contribution is 5.85. The number of hydrogen-bond donors (Lipinski definition) is 1. The molecule has 2 aromatic rings. The molecule has 1 aromatic heterocycles. The van der Waals surface area contributed by atoms with Crippen molar-refractivity contribution in [3.8, 4) is 0 Å². The summed E-state index contributed by atoms with van der Waals surface area (Å²) < 4.78 is 40.6. The van der Waals surface area contributed by atoms with E-state index < -0.39 is 17.7 Å². The van der Waals surface area contributed by atoms with Gasteiger partial charge < -0.3 is 9.67 Å². The molecule has 0 aliphatic rings. The Kier molecular flexibility index (Phi) is 3.74. The van der Waals surface area contributed by atoms with Gasteiger partial charge in [-0.1, -0.05) is 6.07 Å². The average molecular weight is 285 g/mol. The lowest BCUT2D eigenvalue weighted by molar-refractivity contribution is -0.137. The third-order valence-corrected chi connectivity index (χ3v) is 3.25. The number of aliphatic carboxylic acids is 1. The monoisotopic (exact) mass is 285 g/mol. The molecule has 0 fully saturated rings. The third kappa shape index (κ3) is 2.64. The molecule has 1 N–H and O–H groups in total. The van der Waals surface area contributed by atoms with Crippen LogP contribution in [0.15, 0.2) is 24.3 Å². The van der Waals surface area contributed by atoms with Gasteiger partial charge in [-0.3, -0.25) is 4.79 Å². The maximum absolute atomic E-state index is 13.0. The van der Waals surface area contributed by atoms with Gasteiger partial charge in [0.05, 0.1) is 12.0 Å². The summed E-state index contributed by atoms with van der Waals surface area (Å²) in [7, 11) is 0. The standard InChI is InChI=1S/C14H14F3NO2/c1-2-18-9(6-7-13(19)20)8-10-11(14(15,16)17)4-3-5-12(10)18/h3-5,8H,2,6-7H2,1H3,(H,19,20). The highest BCUT2D eigenvalue weighted by Crippen LogP contribution is 2.36. The Balaban J connectivity index is 2.58. The summed E-state index contributed by atoms with van der Waals surface area (Å²) in [5.74, 6) is -0.964. The summed E-state index contributed by atoms with van der Waals surface area (Å²) in [6.45, 7) is 2.32. The molecule has 0 unspecified atom stereocenters. The van der Waals surface area contributed by atoms with E-state index in [1.54, 1.807) is 10.6 Å². The fourth-order valence-electron chi connectivity index (χ4n) is 2.40. The fraction of sp³-hybridized carbons (Fsp3) is 0.357. The summed E-state index contributed by atoms with van der Waals surface area (Å²) in [5, 5.41) is 8.83. The summed E-state index contributed by atoms with van der Waals surface area (Å²) in [5.41, 5.74) is 0.420. The van der Waals surface area contributed by atoms with E-state index in [1.807, 2.05) is 6.92 Å². The summed E-state index contributed by atoms with van der Waals surface area (Å²) in [4.78, 5) is 10.6. The van der Waals surface area contributed by atoms with Crippen molar-refractivity contribution < 1.29 is 23.1 Å². The van der Waals surface area contributed by atoms with Crippen LogP contribution in [0, 0.1) is 0 Å². The minimum absolute atomic E-state index is 0.0995. The number of alkyl halides is 3. The molecule has 1 aromatic carbocycles. The fourth-order valence-corrected chi connectivity index (χ4v) is 2.40. The van der Waals surface area contributed by atoms with Gasteiger partial charge in [-0.2, -0.15) is 13.2 Å². The van der Waals surface area contributed by atoms with E-state index in [4.69, 9.17) is 5.11 Å². The van der Waals surface area contributed by atoms with E-state index in [-0.39, 0.29) is 18.2 Å². The number of carbonyl (C=O) groups is 1. The van der Waals surface area contributed by atoms with Gasteiger partial charge in [0.2, 0.25) is 0 Å². The van der Waals surface area contributed by atoms with Crippen molar-refractivity contribution in [1.29, 1.82) is 0 Å². The zero-order valence-corrected chi connectivity index (χ0v) is 10.9. The summed E-state index contributed by atoms with van der Waals surface area (Å²) in [6, 6.07) is 5.49. The van der Waals surface area contributed by atoms with Gasteiger partial charge in [0, 0.05) is 23.1 Å². The summed E-state index contributed by atoms with van der Waals surface area (Å²) in [6.07, 6.45) is -4.30. The molecule has 108 valence electrons. The Labute approximate surface area is 113 Å². The number of carboxylic acids is 1.